The summed E-state index contributed by atoms with van der Waals surface area (Å²) < 4.78 is 1.73. The standard InChI is InChI=1S/C19H24N6/c1-14(2)23-10-12-24(13-11-23)16-7-5-15(6-8-16)18-21-19-17(20)4-3-9-25(19)22-18/h3-9,14H,10-13,20H2,1-2H3. The van der Waals surface area contributed by atoms with Crippen LogP contribution in [0, 0.1) is 0 Å². The summed E-state index contributed by atoms with van der Waals surface area (Å²) in [5.41, 5.74) is 9.57. The molecule has 0 aliphatic carbocycles. The molecule has 25 heavy (non-hydrogen) atoms. The molecule has 1 saturated heterocycles. The van der Waals surface area contributed by atoms with E-state index in [2.05, 4.69) is 58.0 Å². The Morgan fingerprint density at radius 3 is 2.36 bits per heavy atom. The first-order chi connectivity index (χ1) is 12.1. The first kappa shape index (κ1) is 15.9. The van der Waals surface area contributed by atoms with Crippen LogP contribution in [0.5, 0.6) is 0 Å². The normalized spacial score (nSPS) is 16.0. The predicted molar refractivity (Wildman–Crippen MR) is 102 cm³/mol. The molecule has 1 aromatic carbocycles. The van der Waals surface area contributed by atoms with E-state index in [1.54, 1.807) is 4.52 Å². The Hall–Kier alpha value is -2.60. The zero-order chi connectivity index (χ0) is 17.4. The van der Waals surface area contributed by atoms with Crippen LogP contribution in [0.1, 0.15) is 13.8 Å². The molecular formula is C19H24N6. The second-order valence-corrected chi connectivity index (χ2v) is 6.83. The first-order valence-corrected chi connectivity index (χ1v) is 8.82. The summed E-state index contributed by atoms with van der Waals surface area (Å²) >= 11 is 0. The lowest BCUT2D eigenvalue weighted by Crippen LogP contribution is -2.48. The summed E-state index contributed by atoms with van der Waals surface area (Å²) in [6.07, 6.45) is 1.87. The lowest BCUT2D eigenvalue weighted by molar-refractivity contribution is 0.209. The molecule has 3 heterocycles. The van der Waals surface area contributed by atoms with E-state index in [1.165, 1.54) is 5.69 Å². The van der Waals surface area contributed by atoms with Crippen molar-refractivity contribution in [2.45, 2.75) is 19.9 Å². The molecule has 4 rings (SSSR count). The Labute approximate surface area is 147 Å². The highest BCUT2D eigenvalue weighted by atomic mass is 15.3. The van der Waals surface area contributed by atoms with E-state index >= 15 is 0 Å². The van der Waals surface area contributed by atoms with E-state index in [9.17, 15) is 0 Å². The Balaban J connectivity index is 1.53. The summed E-state index contributed by atoms with van der Waals surface area (Å²) in [7, 11) is 0. The van der Waals surface area contributed by atoms with Crippen molar-refractivity contribution in [3.63, 3.8) is 0 Å². The van der Waals surface area contributed by atoms with Crippen molar-refractivity contribution >= 4 is 17.0 Å². The molecular weight excluding hydrogens is 312 g/mol. The lowest BCUT2D eigenvalue weighted by atomic mass is 10.1. The van der Waals surface area contributed by atoms with Gasteiger partial charge in [-0.3, -0.25) is 4.90 Å². The van der Waals surface area contributed by atoms with Crippen LogP contribution >= 0.6 is 0 Å². The maximum absolute atomic E-state index is 5.97. The molecule has 0 atom stereocenters. The molecule has 0 amide bonds. The topological polar surface area (TPSA) is 62.7 Å². The summed E-state index contributed by atoms with van der Waals surface area (Å²) in [5.74, 6) is 0.703. The van der Waals surface area contributed by atoms with Gasteiger partial charge >= 0.3 is 0 Å². The van der Waals surface area contributed by atoms with Gasteiger partial charge in [0.2, 0.25) is 0 Å². The third kappa shape index (κ3) is 3.05. The van der Waals surface area contributed by atoms with Gasteiger partial charge in [-0.25, -0.2) is 9.50 Å². The number of benzene rings is 1. The molecule has 1 fully saturated rings. The summed E-state index contributed by atoms with van der Waals surface area (Å²) in [5, 5.41) is 4.52. The largest absolute Gasteiger partial charge is 0.396 e. The number of hydrogen-bond acceptors (Lipinski definition) is 5. The molecule has 0 unspecified atom stereocenters. The molecule has 1 aliphatic rings. The molecule has 2 N–H and O–H groups in total. The van der Waals surface area contributed by atoms with E-state index in [4.69, 9.17) is 5.73 Å². The fourth-order valence-corrected chi connectivity index (χ4v) is 3.37. The smallest absolute Gasteiger partial charge is 0.182 e. The third-order valence-electron chi connectivity index (χ3n) is 4.93. The molecule has 0 spiro atoms. The molecule has 6 nitrogen and oxygen atoms in total. The van der Waals surface area contributed by atoms with E-state index in [1.807, 2.05) is 18.3 Å². The van der Waals surface area contributed by atoms with Gasteiger partial charge in [-0.15, -0.1) is 5.10 Å². The molecule has 0 saturated carbocycles. The van der Waals surface area contributed by atoms with Crippen molar-refractivity contribution in [2.24, 2.45) is 0 Å². The second-order valence-electron chi connectivity index (χ2n) is 6.83. The van der Waals surface area contributed by atoms with E-state index in [0.717, 1.165) is 31.7 Å². The van der Waals surface area contributed by atoms with Crippen molar-refractivity contribution in [3.05, 3.63) is 42.6 Å². The van der Waals surface area contributed by atoms with E-state index < -0.39 is 0 Å². The number of rotatable bonds is 3. The number of pyridine rings is 1. The van der Waals surface area contributed by atoms with Crippen LogP contribution in [0.3, 0.4) is 0 Å². The van der Waals surface area contributed by atoms with Crippen molar-refractivity contribution in [1.29, 1.82) is 0 Å². The quantitative estimate of drug-likeness (QED) is 0.796. The number of nitrogens with two attached hydrogens (primary N) is 1. The summed E-state index contributed by atoms with van der Waals surface area (Å²) in [6, 6.07) is 12.8. The van der Waals surface area contributed by atoms with Crippen LogP contribution in [0.25, 0.3) is 17.0 Å². The summed E-state index contributed by atoms with van der Waals surface area (Å²) in [6.45, 7) is 8.90. The lowest BCUT2D eigenvalue weighted by Gasteiger charge is -2.38. The number of aromatic nitrogens is 3. The summed E-state index contributed by atoms with van der Waals surface area (Å²) in [4.78, 5) is 9.53. The minimum absolute atomic E-state index is 0.623. The number of piperazine rings is 1. The molecule has 0 radical (unpaired) electrons. The highest BCUT2D eigenvalue weighted by molar-refractivity contribution is 5.68. The maximum atomic E-state index is 5.97. The van der Waals surface area contributed by atoms with Crippen LogP contribution < -0.4 is 10.6 Å². The molecule has 0 bridgehead atoms. The fraction of sp³-hybridized carbons (Fsp3) is 0.368. The highest BCUT2D eigenvalue weighted by Crippen LogP contribution is 2.23. The maximum Gasteiger partial charge on any atom is 0.182 e. The van der Waals surface area contributed by atoms with Crippen LogP contribution in [-0.2, 0) is 0 Å². The van der Waals surface area contributed by atoms with Gasteiger partial charge in [0.15, 0.2) is 11.5 Å². The van der Waals surface area contributed by atoms with Gasteiger partial charge in [0, 0.05) is 49.7 Å². The number of anilines is 2. The Morgan fingerprint density at radius 1 is 1.00 bits per heavy atom. The number of fused-ring (bicyclic) bond motifs is 1. The van der Waals surface area contributed by atoms with E-state index in [0.29, 0.717) is 23.2 Å². The predicted octanol–water partition coefficient (Wildman–Crippen LogP) is 2.51. The number of nitrogens with zero attached hydrogens (tertiary/aromatic N) is 5. The van der Waals surface area contributed by atoms with Crippen LogP contribution in [-0.4, -0.2) is 51.7 Å². The highest BCUT2D eigenvalue weighted by Gasteiger charge is 2.19. The Bertz CT molecular complexity index is 859. The van der Waals surface area contributed by atoms with Crippen molar-refractivity contribution in [1.82, 2.24) is 19.5 Å². The molecule has 6 heteroatoms. The van der Waals surface area contributed by atoms with Gasteiger partial charge in [0.1, 0.15) is 0 Å². The minimum atomic E-state index is 0.623. The molecule has 130 valence electrons. The van der Waals surface area contributed by atoms with E-state index in [-0.39, 0.29) is 0 Å². The zero-order valence-corrected chi connectivity index (χ0v) is 14.8. The molecule has 2 aromatic heterocycles. The SMILES string of the molecule is CC(C)N1CCN(c2ccc(-c3nc4c(N)cccn4n3)cc2)CC1. The van der Waals surface area contributed by atoms with Gasteiger partial charge in [0.05, 0.1) is 5.69 Å². The third-order valence-corrected chi connectivity index (χ3v) is 4.93. The van der Waals surface area contributed by atoms with Crippen LogP contribution in [0.4, 0.5) is 11.4 Å². The first-order valence-electron chi connectivity index (χ1n) is 8.82. The van der Waals surface area contributed by atoms with Crippen molar-refractivity contribution in [2.75, 3.05) is 36.8 Å². The van der Waals surface area contributed by atoms with Gasteiger partial charge in [-0.1, -0.05) is 0 Å². The average molecular weight is 336 g/mol. The second kappa shape index (κ2) is 6.37. The van der Waals surface area contributed by atoms with Gasteiger partial charge in [-0.2, -0.15) is 0 Å². The Morgan fingerprint density at radius 2 is 1.72 bits per heavy atom. The number of nitrogen functional groups attached to an aromatic ring is 1. The van der Waals surface area contributed by atoms with Crippen molar-refractivity contribution < 1.29 is 0 Å². The number of hydrogen-bond donors (Lipinski definition) is 1. The average Bonchev–Trinajstić information content (AvgIpc) is 3.08. The monoisotopic (exact) mass is 336 g/mol. The Kier molecular flexibility index (Phi) is 4.05. The van der Waals surface area contributed by atoms with Gasteiger partial charge < -0.3 is 10.6 Å². The molecule has 1 aliphatic heterocycles. The molecule has 3 aromatic rings. The minimum Gasteiger partial charge on any atom is -0.396 e. The van der Waals surface area contributed by atoms with Crippen LogP contribution in [0.15, 0.2) is 42.6 Å². The van der Waals surface area contributed by atoms with Gasteiger partial charge in [-0.05, 0) is 50.2 Å². The zero-order valence-electron chi connectivity index (χ0n) is 14.8. The fourth-order valence-electron chi connectivity index (χ4n) is 3.37. The van der Waals surface area contributed by atoms with Crippen LogP contribution in [0.2, 0.25) is 0 Å². The van der Waals surface area contributed by atoms with Crippen molar-refractivity contribution in [3.8, 4) is 11.4 Å². The van der Waals surface area contributed by atoms with Gasteiger partial charge in [0.25, 0.3) is 0 Å².